The molecule has 2 aromatic rings. The summed E-state index contributed by atoms with van der Waals surface area (Å²) < 4.78 is 11.2. The summed E-state index contributed by atoms with van der Waals surface area (Å²) in [7, 11) is 0. The van der Waals surface area contributed by atoms with Crippen LogP contribution in [0.3, 0.4) is 0 Å². The van der Waals surface area contributed by atoms with Crippen LogP contribution < -0.4 is 15.0 Å². The highest BCUT2D eigenvalue weighted by Crippen LogP contribution is 2.22. The van der Waals surface area contributed by atoms with Gasteiger partial charge in [0.15, 0.2) is 0 Å². The molecule has 0 amide bonds. The van der Waals surface area contributed by atoms with E-state index in [0.29, 0.717) is 19.2 Å². The summed E-state index contributed by atoms with van der Waals surface area (Å²) in [4.78, 5) is 13.8. The van der Waals surface area contributed by atoms with E-state index >= 15 is 0 Å². The number of nitrogens with zero attached hydrogens (tertiary/aromatic N) is 4. The average Bonchev–Trinajstić information content (AvgIpc) is 2.78. The van der Waals surface area contributed by atoms with E-state index in [1.807, 2.05) is 36.4 Å². The molecule has 3 heterocycles. The number of para-hydroxylation sites is 1. The number of hydrogen-bond acceptors (Lipinski definition) is 7. The van der Waals surface area contributed by atoms with Gasteiger partial charge in [0.2, 0.25) is 0 Å². The van der Waals surface area contributed by atoms with Crippen LogP contribution in [0.25, 0.3) is 0 Å². The van der Waals surface area contributed by atoms with Crippen molar-refractivity contribution in [2.75, 3.05) is 62.8 Å². The van der Waals surface area contributed by atoms with Crippen LogP contribution in [0.15, 0.2) is 42.7 Å². The van der Waals surface area contributed by atoms with Crippen LogP contribution in [0.2, 0.25) is 0 Å². The normalized spacial score (nSPS) is 18.8. The number of ether oxygens (including phenoxy) is 2. The zero-order valence-corrected chi connectivity index (χ0v) is 16.3. The summed E-state index contributed by atoms with van der Waals surface area (Å²) in [5, 5.41) is 3.33. The molecular formula is C21H29N5O2. The lowest BCUT2D eigenvalue weighted by Crippen LogP contribution is -2.49. The van der Waals surface area contributed by atoms with Crippen molar-refractivity contribution >= 4 is 11.6 Å². The van der Waals surface area contributed by atoms with Gasteiger partial charge in [-0.3, -0.25) is 4.90 Å². The predicted octanol–water partition coefficient (Wildman–Crippen LogP) is 2.27. The van der Waals surface area contributed by atoms with Crippen LogP contribution in [0.5, 0.6) is 5.75 Å². The van der Waals surface area contributed by atoms with Gasteiger partial charge in [-0.15, -0.1) is 0 Å². The van der Waals surface area contributed by atoms with E-state index in [4.69, 9.17) is 9.47 Å². The predicted molar refractivity (Wildman–Crippen MR) is 110 cm³/mol. The first-order valence-corrected chi connectivity index (χ1v) is 10.2. The van der Waals surface area contributed by atoms with Gasteiger partial charge in [0.25, 0.3) is 0 Å². The summed E-state index contributed by atoms with van der Waals surface area (Å²) in [6.07, 6.45) is 4.00. The zero-order chi connectivity index (χ0) is 19.0. The van der Waals surface area contributed by atoms with Crippen molar-refractivity contribution in [1.29, 1.82) is 0 Å². The Morgan fingerprint density at radius 1 is 1.04 bits per heavy atom. The number of nitrogens with one attached hydrogen (secondary N) is 1. The number of piperidine rings is 1. The molecule has 2 aliphatic rings. The third-order valence-electron chi connectivity index (χ3n) is 5.42. The minimum absolute atomic E-state index is 0.592. The average molecular weight is 383 g/mol. The maximum Gasteiger partial charge on any atom is 0.134 e. The van der Waals surface area contributed by atoms with E-state index in [0.717, 1.165) is 56.8 Å². The third kappa shape index (κ3) is 5.11. The number of anilines is 2. The highest BCUT2D eigenvalue weighted by Gasteiger charge is 2.26. The molecule has 7 heteroatoms. The maximum absolute atomic E-state index is 5.71. The van der Waals surface area contributed by atoms with Gasteiger partial charge in [0.1, 0.15) is 30.3 Å². The van der Waals surface area contributed by atoms with E-state index in [2.05, 4.69) is 25.1 Å². The quantitative estimate of drug-likeness (QED) is 0.736. The summed E-state index contributed by atoms with van der Waals surface area (Å²) >= 11 is 0. The molecule has 7 nitrogen and oxygen atoms in total. The molecule has 150 valence electrons. The Labute approximate surface area is 166 Å². The Hall–Kier alpha value is -2.38. The maximum atomic E-state index is 5.71. The Balaban J connectivity index is 1.23. The highest BCUT2D eigenvalue weighted by molar-refractivity contribution is 5.48. The summed E-state index contributed by atoms with van der Waals surface area (Å²) in [5.74, 6) is 2.73. The van der Waals surface area contributed by atoms with Crippen molar-refractivity contribution in [2.24, 2.45) is 0 Å². The van der Waals surface area contributed by atoms with Crippen molar-refractivity contribution < 1.29 is 9.47 Å². The van der Waals surface area contributed by atoms with E-state index in [1.165, 1.54) is 12.8 Å². The number of hydrogen-bond donors (Lipinski definition) is 1. The molecular weight excluding hydrogens is 354 g/mol. The van der Waals surface area contributed by atoms with Gasteiger partial charge in [-0.1, -0.05) is 18.2 Å². The Morgan fingerprint density at radius 3 is 2.61 bits per heavy atom. The molecule has 2 saturated heterocycles. The van der Waals surface area contributed by atoms with Crippen LogP contribution in [0.1, 0.15) is 12.8 Å². The van der Waals surface area contributed by atoms with Crippen molar-refractivity contribution in [3.05, 3.63) is 42.7 Å². The Bertz CT molecular complexity index is 716. The molecule has 4 rings (SSSR count). The fraction of sp³-hybridized carbons (Fsp3) is 0.524. The second-order valence-electron chi connectivity index (χ2n) is 7.22. The molecule has 1 N–H and O–H groups in total. The number of rotatable bonds is 7. The number of morpholine rings is 1. The molecule has 28 heavy (non-hydrogen) atoms. The topological polar surface area (TPSA) is 62.8 Å². The third-order valence-corrected chi connectivity index (χ3v) is 5.42. The smallest absolute Gasteiger partial charge is 0.134 e. The van der Waals surface area contributed by atoms with Crippen LogP contribution in [-0.2, 0) is 4.74 Å². The number of benzene rings is 1. The monoisotopic (exact) mass is 383 g/mol. The van der Waals surface area contributed by atoms with Gasteiger partial charge in [-0.2, -0.15) is 0 Å². The molecule has 0 unspecified atom stereocenters. The largest absolute Gasteiger partial charge is 0.492 e. The molecule has 0 saturated carbocycles. The van der Waals surface area contributed by atoms with Crippen molar-refractivity contribution in [3.63, 3.8) is 0 Å². The standard InChI is InChI=1S/C21H29N5O2/c1-2-4-19(5-3-1)28-13-8-22-20-16-21(24-17-23-20)26-9-6-18(7-10-26)25-11-14-27-15-12-25/h1-5,16-18H,6-15H2,(H,22,23,24). The van der Waals surface area contributed by atoms with E-state index in [1.54, 1.807) is 6.33 Å². The molecule has 0 bridgehead atoms. The molecule has 2 fully saturated rings. The van der Waals surface area contributed by atoms with Gasteiger partial charge in [0.05, 0.1) is 19.8 Å². The van der Waals surface area contributed by atoms with E-state index < -0.39 is 0 Å². The first-order chi connectivity index (χ1) is 13.9. The zero-order valence-electron chi connectivity index (χ0n) is 16.3. The molecule has 2 aliphatic heterocycles. The van der Waals surface area contributed by atoms with Crippen LogP contribution in [-0.4, -0.2) is 73.5 Å². The molecule has 0 spiro atoms. The second kappa shape index (κ2) is 9.71. The van der Waals surface area contributed by atoms with Crippen LogP contribution in [0, 0.1) is 0 Å². The Kier molecular flexibility index (Phi) is 6.57. The molecule has 1 aromatic carbocycles. The summed E-state index contributed by atoms with van der Waals surface area (Å²) in [6, 6.07) is 12.6. The summed E-state index contributed by atoms with van der Waals surface area (Å²) in [5.41, 5.74) is 0. The molecule has 0 aliphatic carbocycles. The van der Waals surface area contributed by atoms with Gasteiger partial charge < -0.3 is 19.7 Å². The Morgan fingerprint density at radius 2 is 1.82 bits per heavy atom. The number of aromatic nitrogens is 2. The lowest BCUT2D eigenvalue weighted by Gasteiger charge is -2.40. The van der Waals surface area contributed by atoms with Gasteiger partial charge in [-0.05, 0) is 25.0 Å². The SMILES string of the molecule is c1ccc(OCCNc2cc(N3CCC(N4CCOCC4)CC3)ncn2)cc1. The highest BCUT2D eigenvalue weighted by atomic mass is 16.5. The summed E-state index contributed by atoms with van der Waals surface area (Å²) in [6.45, 7) is 7.24. The lowest BCUT2D eigenvalue weighted by atomic mass is 10.0. The van der Waals surface area contributed by atoms with Crippen LogP contribution >= 0.6 is 0 Å². The van der Waals surface area contributed by atoms with Gasteiger partial charge >= 0.3 is 0 Å². The van der Waals surface area contributed by atoms with E-state index in [9.17, 15) is 0 Å². The lowest BCUT2D eigenvalue weighted by molar-refractivity contribution is 0.0115. The second-order valence-corrected chi connectivity index (χ2v) is 7.22. The first kappa shape index (κ1) is 19.0. The van der Waals surface area contributed by atoms with Crippen molar-refractivity contribution in [1.82, 2.24) is 14.9 Å². The first-order valence-electron chi connectivity index (χ1n) is 10.2. The minimum atomic E-state index is 0.592. The molecule has 0 atom stereocenters. The molecule has 1 aromatic heterocycles. The molecule has 0 radical (unpaired) electrons. The fourth-order valence-corrected chi connectivity index (χ4v) is 3.88. The van der Waals surface area contributed by atoms with Crippen LogP contribution in [0.4, 0.5) is 11.6 Å². The van der Waals surface area contributed by atoms with Gasteiger partial charge in [-0.25, -0.2) is 9.97 Å². The fourth-order valence-electron chi connectivity index (χ4n) is 3.88. The minimum Gasteiger partial charge on any atom is -0.492 e. The van der Waals surface area contributed by atoms with Crippen molar-refractivity contribution in [3.8, 4) is 5.75 Å². The van der Waals surface area contributed by atoms with Crippen molar-refractivity contribution in [2.45, 2.75) is 18.9 Å². The van der Waals surface area contributed by atoms with Gasteiger partial charge in [0, 0.05) is 38.3 Å². The van der Waals surface area contributed by atoms with E-state index in [-0.39, 0.29) is 0 Å².